The summed E-state index contributed by atoms with van der Waals surface area (Å²) in [6.07, 6.45) is 6.01. The number of nitrogens with one attached hydrogen (secondary N) is 1. The van der Waals surface area contributed by atoms with E-state index in [2.05, 4.69) is 12.2 Å². The second kappa shape index (κ2) is 7.55. The number of rotatable bonds is 6. The molecule has 1 N–H and O–H groups in total. The maximum absolute atomic E-state index is 12.2. The van der Waals surface area contributed by atoms with Crippen LogP contribution in [0.4, 0.5) is 5.69 Å². The zero-order valence-corrected chi connectivity index (χ0v) is 13.7. The minimum absolute atomic E-state index is 0.0381. The third kappa shape index (κ3) is 4.28. The molecule has 0 spiro atoms. The Morgan fingerprint density at radius 1 is 1.30 bits per heavy atom. The monoisotopic (exact) mass is 320 g/mol. The fraction of sp³-hybridized carbons (Fsp3) is 0.588. The molecule has 2 rings (SSSR count). The maximum Gasteiger partial charge on any atom is 0.338 e. The van der Waals surface area contributed by atoms with Crippen LogP contribution < -0.4 is 5.32 Å². The number of carbonyl (C=O) groups is 1. The van der Waals surface area contributed by atoms with Gasteiger partial charge < -0.3 is 10.1 Å². The van der Waals surface area contributed by atoms with Crippen LogP contribution in [0.15, 0.2) is 24.3 Å². The number of nitrogens with zero attached hydrogens (tertiary/aromatic N) is 1. The van der Waals surface area contributed by atoms with Gasteiger partial charge in [0.25, 0.3) is 5.69 Å². The zero-order chi connectivity index (χ0) is 16.9. The number of nitro benzene ring substituents is 1. The third-order valence-electron chi connectivity index (χ3n) is 4.89. The first kappa shape index (κ1) is 17.4. The molecule has 0 amide bonds. The summed E-state index contributed by atoms with van der Waals surface area (Å²) in [5.41, 5.74) is 0.0538. The standard InChI is InChI=1S/C17H24N2O4/c1-17(18-2,14-6-4-3-5-7-14)12-23-16(20)13-8-10-15(11-9-13)19(21)22/h8-11,14,18H,3-7,12H2,1-2H3. The second-order valence-electron chi connectivity index (χ2n) is 6.38. The molecule has 1 unspecified atom stereocenters. The molecule has 0 aromatic heterocycles. The predicted molar refractivity (Wildman–Crippen MR) is 87.4 cm³/mol. The first-order valence-electron chi connectivity index (χ1n) is 8.07. The van der Waals surface area contributed by atoms with Crippen molar-refractivity contribution in [3.8, 4) is 0 Å². The Kier molecular flexibility index (Phi) is 5.71. The third-order valence-corrected chi connectivity index (χ3v) is 4.89. The van der Waals surface area contributed by atoms with Crippen molar-refractivity contribution in [3.63, 3.8) is 0 Å². The van der Waals surface area contributed by atoms with Crippen LogP contribution in [0.25, 0.3) is 0 Å². The van der Waals surface area contributed by atoms with E-state index in [1.54, 1.807) is 0 Å². The van der Waals surface area contributed by atoms with Gasteiger partial charge in [-0.3, -0.25) is 10.1 Å². The Balaban J connectivity index is 1.97. The molecule has 23 heavy (non-hydrogen) atoms. The molecule has 126 valence electrons. The summed E-state index contributed by atoms with van der Waals surface area (Å²) < 4.78 is 5.47. The molecule has 1 fully saturated rings. The number of carbonyl (C=O) groups excluding carboxylic acids is 1. The molecule has 1 aliphatic rings. The summed E-state index contributed by atoms with van der Waals surface area (Å²) in [5.74, 6) is 0.0445. The minimum Gasteiger partial charge on any atom is -0.460 e. The van der Waals surface area contributed by atoms with Gasteiger partial charge in [-0.05, 0) is 44.9 Å². The van der Waals surface area contributed by atoms with Gasteiger partial charge in [-0.25, -0.2) is 4.79 Å². The topological polar surface area (TPSA) is 81.5 Å². The fourth-order valence-corrected chi connectivity index (χ4v) is 3.15. The van der Waals surface area contributed by atoms with Crippen LogP contribution in [-0.2, 0) is 4.74 Å². The average Bonchev–Trinajstić information content (AvgIpc) is 2.60. The quantitative estimate of drug-likeness (QED) is 0.494. The molecular formula is C17H24N2O4. The SMILES string of the molecule is CNC(C)(COC(=O)c1ccc([N+](=O)[O-])cc1)C1CCCCC1. The van der Waals surface area contributed by atoms with Crippen molar-refractivity contribution in [2.24, 2.45) is 5.92 Å². The van der Waals surface area contributed by atoms with Gasteiger partial charge in [0.15, 0.2) is 0 Å². The summed E-state index contributed by atoms with van der Waals surface area (Å²) in [5, 5.41) is 13.9. The van der Waals surface area contributed by atoms with E-state index in [9.17, 15) is 14.9 Å². The van der Waals surface area contributed by atoms with Crippen LogP contribution in [0.3, 0.4) is 0 Å². The van der Waals surface area contributed by atoms with Gasteiger partial charge in [-0.2, -0.15) is 0 Å². The second-order valence-corrected chi connectivity index (χ2v) is 6.38. The molecule has 6 heteroatoms. The van der Waals surface area contributed by atoms with E-state index in [4.69, 9.17) is 4.74 Å². The van der Waals surface area contributed by atoms with Gasteiger partial charge in [0.2, 0.25) is 0 Å². The maximum atomic E-state index is 12.2. The Hall–Kier alpha value is -1.95. The molecule has 1 aromatic rings. The molecule has 0 aliphatic heterocycles. The van der Waals surface area contributed by atoms with Crippen molar-refractivity contribution in [2.75, 3.05) is 13.7 Å². The number of likely N-dealkylation sites (N-methyl/N-ethyl adjacent to an activating group) is 1. The number of nitro groups is 1. The molecule has 1 atom stereocenters. The highest BCUT2D eigenvalue weighted by atomic mass is 16.6. The number of benzene rings is 1. The first-order chi connectivity index (χ1) is 11.0. The number of non-ortho nitro benzene ring substituents is 1. The average molecular weight is 320 g/mol. The Morgan fingerprint density at radius 2 is 1.91 bits per heavy atom. The Labute approximate surface area is 136 Å². The lowest BCUT2D eigenvalue weighted by Crippen LogP contribution is -2.51. The Bertz CT molecular complexity index is 552. The highest BCUT2D eigenvalue weighted by molar-refractivity contribution is 5.89. The number of ether oxygens (including phenoxy) is 1. The number of hydrogen-bond donors (Lipinski definition) is 1. The summed E-state index contributed by atoms with van der Waals surface area (Å²) in [6.45, 7) is 2.39. The lowest BCUT2D eigenvalue weighted by atomic mass is 9.76. The van der Waals surface area contributed by atoms with Crippen molar-refractivity contribution in [1.82, 2.24) is 5.32 Å². The lowest BCUT2D eigenvalue weighted by molar-refractivity contribution is -0.384. The lowest BCUT2D eigenvalue weighted by Gasteiger charge is -2.39. The normalized spacial score (nSPS) is 18.2. The van der Waals surface area contributed by atoms with E-state index in [1.165, 1.54) is 43.5 Å². The van der Waals surface area contributed by atoms with Crippen molar-refractivity contribution in [1.29, 1.82) is 0 Å². The molecule has 1 aliphatic carbocycles. The van der Waals surface area contributed by atoms with Crippen molar-refractivity contribution in [3.05, 3.63) is 39.9 Å². The van der Waals surface area contributed by atoms with Crippen molar-refractivity contribution >= 4 is 11.7 Å². The van der Waals surface area contributed by atoms with E-state index < -0.39 is 10.9 Å². The van der Waals surface area contributed by atoms with Gasteiger partial charge in [0.05, 0.1) is 16.0 Å². The molecule has 0 radical (unpaired) electrons. The van der Waals surface area contributed by atoms with Crippen LogP contribution in [-0.4, -0.2) is 30.1 Å². The van der Waals surface area contributed by atoms with Crippen molar-refractivity contribution in [2.45, 2.75) is 44.6 Å². The zero-order valence-electron chi connectivity index (χ0n) is 13.7. The predicted octanol–water partition coefficient (Wildman–Crippen LogP) is 3.31. The number of esters is 1. The van der Waals surface area contributed by atoms with Crippen LogP contribution in [0.1, 0.15) is 49.4 Å². The molecule has 0 heterocycles. The van der Waals surface area contributed by atoms with Gasteiger partial charge in [0.1, 0.15) is 6.61 Å². The van der Waals surface area contributed by atoms with E-state index in [-0.39, 0.29) is 11.2 Å². The summed E-state index contributed by atoms with van der Waals surface area (Å²) in [7, 11) is 1.90. The summed E-state index contributed by atoms with van der Waals surface area (Å²) >= 11 is 0. The smallest absolute Gasteiger partial charge is 0.338 e. The van der Waals surface area contributed by atoms with Gasteiger partial charge in [-0.15, -0.1) is 0 Å². The van der Waals surface area contributed by atoms with Gasteiger partial charge >= 0.3 is 5.97 Å². The van der Waals surface area contributed by atoms with Gasteiger partial charge in [0, 0.05) is 12.1 Å². The number of hydrogen-bond acceptors (Lipinski definition) is 5. The van der Waals surface area contributed by atoms with Crippen LogP contribution in [0.5, 0.6) is 0 Å². The molecular weight excluding hydrogens is 296 g/mol. The molecule has 1 aromatic carbocycles. The van der Waals surface area contributed by atoms with Gasteiger partial charge in [-0.1, -0.05) is 19.3 Å². The highest BCUT2D eigenvalue weighted by Gasteiger charge is 2.35. The highest BCUT2D eigenvalue weighted by Crippen LogP contribution is 2.32. The van der Waals surface area contributed by atoms with Crippen LogP contribution >= 0.6 is 0 Å². The molecule has 6 nitrogen and oxygen atoms in total. The molecule has 1 saturated carbocycles. The summed E-state index contributed by atoms with van der Waals surface area (Å²) in [4.78, 5) is 22.3. The Morgan fingerprint density at radius 3 is 2.43 bits per heavy atom. The van der Waals surface area contributed by atoms with E-state index in [0.717, 1.165) is 12.8 Å². The van der Waals surface area contributed by atoms with Crippen molar-refractivity contribution < 1.29 is 14.5 Å². The molecule has 0 saturated heterocycles. The van der Waals surface area contributed by atoms with E-state index in [1.807, 2.05) is 7.05 Å². The summed E-state index contributed by atoms with van der Waals surface area (Å²) in [6, 6.07) is 5.49. The van der Waals surface area contributed by atoms with Crippen LogP contribution in [0.2, 0.25) is 0 Å². The van der Waals surface area contributed by atoms with E-state index >= 15 is 0 Å². The van der Waals surface area contributed by atoms with Crippen LogP contribution in [0, 0.1) is 16.0 Å². The largest absolute Gasteiger partial charge is 0.460 e. The minimum atomic E-state index is -0.490. The van der Waals surface area contributed by atoms with E-state index in [0.29, 0.717) is 18.1 Å². The first-order valence-corrected chi connectivity index (χ1v) is 8.07. The fourth-order valence-electron chi connectivity index (χ4n) is 3.15. The molecule has 0 bridgehead atoms.